The van der Waals surface area contributed by atoms with Crippen LogP contribution in [0, 0.1) is 0 Å². The number of ether oxygens (including phenoxy) is 2. The highest BCUT2D eigenvalue weighted by Crippen LogP contribution is 2.28. The normalized spacial score (nSPS) is 10.2. The molecule has 0 aliphatic rings. The third-order valence-electron chi connectivity index (χ3n) is 3.59. The van der Waals surface area contributed by atoms with Crippen molar-refractivity contribution in [3.63, 3.8) is 0 Å². The fourth-order valence-corrected chi connectivity index (χ4v) is 2.19. The summed E-state index contributed by atoms with van der Waals surface area (Å²) in [6, 6.07) is 6.20. The standard InChI is InChI=1S/C17H22N4O4/c1-4-12-9-16(22)21(11-19-12)8-7-18-17(23)20-14-10-13(24-2)5-6-15(14)25-3/h5-6,9-11H,4,7-8H2,1-3H3,(H2,18,20,23). The topological polar surface area (TPSA) is 94.5 Å². The van der Waals surface area contributed by atoms with Crippen LogP contribution >= 0.6 is 0 Å². The van der Waals surface area contributed by atoms with Gasteiger partial charge in [-0.05, 0) is 18.6 Å². The Balaban J connectivity index is 1.92. The number of anilines is 1. The number of benzene rings is 1. The van der Waals surface area contributed by atoms with Crippen LogP contribution in [0.25, 0.3) is 0 Å². The van der Waals surface area contributed by atoms with E-state index in [0.717, 1.165) is 5.69 Å². The highest BCUT2D eigenvalue weighted by atomic mass is 16.5. The molecule has 0 saturated heterocycles. The van der Waals surface area contributed by atoms with Crippen LogP contribution in [0.3, 0.4) is 0 Å². The zero-order chi connectivity index (χ0) is 18.2. The van der Waals surface area contributed by atoms with Crippen LogP contribution in [0.4, 0.5) is 10.5 Å². The molecule has 2 amide bonds. The Morgan fingerprint density at radius 1 is 1.24 bits per heavy atom. The molecular formula is C17H22N4O4. The van der Waals surface area contributed by atoms with Gasteiger partial charge < -0.3 is 20.1 Å². The third kappa shape index (κ3) is 4.97. The number of nitrogens with one attached hydrogen (secondary N) is 2. The van der Waals surface area contributed by atoms with Gasteiger partial charge in [-0.15, -0.1) is 0 Å². The largest absolute Gasteiger partial charge is 0.497 e. The summed E-state index contributed by atoms with van der Waals surface area (Å²) in [7, 11) is 3.06. The molecule has 0 saturated carbocycles. The number of carbonyl (C=O) groups excluding carboxylic acids is 1. The zero-order valence-electron chi connectivity index (χ0n) is 14.5. The number of hydrogen-bond donors (Lipinski definition) is 2. The van der Waals surface area contributed by atoms with E-state index in [9.17, 15) is 9.59 Å². The molecule has 8 nitrogen and oxygen atoms in total. The van der Waals surface area contributed by atoms with E-state index in [-0.39, 0.29) is 12.1 Å². The highest BCUT2D eigenvalue weighted by molar-refractivity contribution is 5.91. The molecule has 8 heteroatoms. The van der Waals surface area contributed by atoms with E-state index >= 15 is 0 Å². The minimum atomic E-state index is -0.405. The van der Waals surface area contributed by atoms with Crippen LogP contribution in [0.2, 0.25) is 0 Å². The van der Waals surface area contributed by atoms with E-state index in [1.165, 1.54) is 24.1 Å². The fourth-order valence-electron chi connectivity index (χ4n) is 2.19. The Morgan fingerprint density at radius 3 is 2.68 bits per heavy atom. The second kappa shape index (κ2) is 8.72. The lowest BCUT2D eigenvalue weighted by molar-refractivity contribution is 0.251. The molecule has 0 fully saturated rings. The predicted molar refractivity (Wildman–Crippen MR) is 94.4 cm³/mol. The van der Waals surface area contributed by atoms with Crippen molar-refractivity contribution in [2.24, 2.45) is 0 Å². The van der Waals surface area contributed by atoms with E-state index in [1.54, 1.807) is 25.3 Å². The van der Waals surface area contributed by atoms with Crippen LogP contribution in [0.5, 0.6) is 11.5 Å². The van der Waals surface area contributed by atoms with Gasteiger partial charge in [0.1, 0.15) is 11.5 Å². The van der Waals surface area contributed by atoms with E-state index in [4.69, 9.17) is 9.47 Å². The van der Waals surface area contributed by atoms with E-state index in [1.807, 2.05) is 6.92 Å². The van der Waals surface area contributed by atoms with Crippen molar-refractivity contribution in [3.8, 4) is 11.5 Å². The first-order chi connectivity index (χ1) is 12.1. The second-order valence-corrected chi connectivity index (χ2v) is 5.21. The molecule has 2 rings (SSSR count). The monoisotopic (exact) mass is 346 g/mol. The van der Waals surface area contributed by atoms with Crippen molar-refractivity contribution in [1.82, 2.24) is 14.9 Å². The van der Waals surface area contributed by atoms with E-state index in [2.05, 4.69) is 15.6 Å². The highest BCUT2D eigenvalue weighted by Gasteiger charge is 2.09. The molecule has 0 bridgehead atoms. The molecule has 1 aromatic heterocycles. The molecule has 25 heavy (non-hydrogen) atoms. The van der Waals surface area contributed by atoms with Crippen molar-refractivity contribution in [3.05, 3.63) is 46.6 Å². The number of amides is 2. The van der Waals surface area contributed by atoms with Gasteiger partial charge in [0, 0.05) is 30.9 Å². The lowest BCUT2D eigenvalue weighted by atomic mass is 10.2. The van der Waals surface area contributed by atoms with Gasteiger partial charge in [0.05, 0.1) is 26.2 Å². The maximum absolute atomic E-state index is 12.0. The zero-order valence-corrected chi connectivity index (χ0v) is 14.5. The van der Waals surface area contributed by atoms with Gasteiger partial charge in [-0.1, -0.05) is 6.92 Å². The molecule has 0 atom stereocenters. The van der Waals surface area contributed by atoms with Gasteiger partial charge >= 0.3 is 6.03 Å². The number of rotatable bonds is 7. The SMILES string of the molecule is CCc1cc(=O)n(CCNC(=O)Nc2cc(OC)ccc2OC)cn1. The minimum absolute atomic E-state index is 0.136. The van der Waals surface area contributed by atoms with Crippen LogP contribution < -0.4 is 25.7 Å². The van der Waals surface area contributed by atoms with E-state index < -0.39 is 6.03 Å². The molecular weight excluding hydrogens is 324 g/mol. The summed E-state index contributed by atoms with van der Waals surface area (Å²) in [6.45, 7) is 2.55. The maximum Gasteiger partial charge on any atom is 0.319 e. The van der Waals surface area contributed by atoms with E-state index in [0.29, 0.717) is 30.2 Å². The maximum atomic E-state index is 12.0. The van der Waals surface area contributed by atoms with Crippen molar-refractivity contribution in [2.45, 2.75) is 19.9 Å². The smallest absolute Gasteiger partial charge is 0.319 e. The van der Waals surface area contributed by atoms with Crippen molar-refractivity contribution in [1.29, 1.82) is 0 Å². The molecule has 0 aliphatic carbocycles. The summed E-state index contributed by atoms with van der Waals surface area (Å²) in [5.41, 5.74) is 1.10. The lowest BCUT2D eigenvalue weighted by Gasteiger charge is -2.13. The van der Waals surface area contributed by atoms with Gasteiger partial charge in [-0.2, -0.15) is 0 Å². The Hall–Kier alpha value is -3.03. The molecule has 0 unspecified atom stereocenters. The number of hydrogen-bond acceptors (Lipinski definition) is 5. The molecule has 0 aliphatic heterocycles. The van der Waals surface area contributed by atoms with Gasteiger partial charge in [0.15, 0.2) is 0 Å². The average Bonchev–Trinajstić information content (AvgIpc) is 2.62. The fraction of sp³-hybridized carbons (Fsp3) is 0.353. The second-order valence-electron chi connectivity index (χ2n) is 5.21. The molecule has 1 aromatic carbocycles. The van der Waals surface area contributed by atoms with Crippen molar-refractivity contribution < 1.29 is 14.3 Å². The van der Waals surface area contributed by atoms with Crippen LogP contribution in [-0.4, -0.2) is 36.3 Å². The number of urea groups is 1. The van der Waals surface area contributed by atoms with Crippen LogP contribution in [0.1, 0.15) is 12.6 Å². The number of methoxy groups -OCH3 is 2. The first-order valence-corrected chi connectivity index (χ1v) is 7.89. The Bertz CT molecular complexity index is 788. The van der Waals surface area contributed by atoms with Gasteiger partial charge in [0.2, 0.25) is 0 Å². The summed E-state index contributed by atoms with van der Waals surface area (Å²) < 4.78 is 11.8. The first kappa shape index (κ1) is 18.3. The van der Waals surface area contributed by atoms with Gasteiger partial charge in [-0.25, -0.2) is 9.78 Å². The molecule has 134 valence electrons. The summed E-state index contributed by atoms with van der Waals surface area (Å²) in [6.07, 6.45) is 2.20. The van der Waals surface area contributed by atoms with Gasteiger partial charge in [0.25, 0.3) is 5.56 Å². The van der Waals surface area contributed by atoms with Crippen LogP contribution in [0.15, 0.2) is 35.4 Å². The summed E-state index contributed by atoms with van der Waals surface area (Å²) in [5.74, 6) is 1.12. The summed E-state index contributed by atoms with van der Waals surface area (Å²) in [4.78, 5) is 28.1. The molecule has 1 heterocycles. The van der Waals surface area contributed by atoms with Crippen molar-refractivity contribution >= 4 is 11.7 Å². The Kier molecular flexibility index (Phi) is 6.39. The Morgan fingerprint density at radius 2 is 2.04 bits per heavy atom. The Labute approximate surface area is 145 Å². The van der Waals surface area contributed by atoms with Crippen LogP contribution in [-0.2, 0) is 13.0 Å². The molecule has 2 N–H and O–H groups in total. The quantitative estimate of drug-likeness (QED) is 0.795. The lowest BCUT2D eigenvalue weighted by Crippen LogP contribution is -2.33. The average molecular weight is 346 g/mol. The molecule has 2 aromatic rings. The number of nitrogens with zero attached hydrogens (tertiary/aromatic N) is 2. The number of aryl methyl sites for hydroxylation is 1. The summed E-state index contributed by atoms with van der Waals surface area (Å²) in [5, 5.41) is 5.39. The summed E-state index contributed by atoms with van der Waals surface area (Å²) >= 11 is 0. The molecule has 0 spiro atoms. The first-order valence-electron chi connectivity index (χ1n) is 7.89. The number of carbonyl (C=O) groups is 1. The van der Waals surface area contributed by atoms with Gasteiger partial charge in [-0.3, -0.25) is 9.36 Å². The predicted octanol–water partition coefficient (Wildman–Crippen LogP) is 1.64. The minimum Gasteiger partial charge on any atom is -0.497 e. The molecule has 0 radical (unpaired) electrons. The van der Waals surface area contributed by atoms with Crippen molar-refractivity contribution in [2.75, 3.05) is 26.1 Å². The number of aromatic nitrogens is 2. The third-order valence-corrected chi connectivity index (χ3v) is 3.59.